The Kier molecular flexibility index (Phi) is 5.68. The lowest BCUT2D eigenvalue weighted by atomic mass is 9.76. The molecule has 0 fully saturated rings. The van der Waals surface area contributed by atoms with Crippen LogP contribution >= 0.6 is 0 Å². The van der Waals surface area contributed by atoms with E-state index < -0.39 is 5.72 Å². The molecule has 4 aromatic carbocycles. The van der Waals surface area contributed by atoms with E-state index in [1.54, 1.807) is 12.1 Å². The smallest absolute Gasteiger partial charge is 0.269 e. The molecule has 2 aliphatic heterocycles. The Bertz CT molecular complexity index is 1830. The van der Waals surface area contributed by atoms with E-state index >= 15 is 0 Å². The molecule has 1 aromatic heterocycles. The van der Waals surface area contributed by atoms with E-state index in [-0.39, 0.29) is 16.0 Å². The molecule has 5 aromatic rings. The highest BCUT2D eigenvalue weighted by Crippen LogP contribution is 2.55. The highest BCUT2D eigenvalue weighted by Gasteiger charge is 2.58. The molecule has 0 aliphatic carbocycles. The minimum absolute atomic E-state index is 0.0975. The van der Waals surface area contributed by atoms with E-state index in [1.807, 2.05) is 30.5 Å². The zero-order valence-electron chi connectivity index (χ0n) is 23.0. The SMILES string of the molecule is CC1(C)c2ccccc2N(Cc2ccccc2)C12C=Cc1c(ccc3c1ccc[n+]3Cc1ccc([N+](=O)[O-])cc1)O2. The maximum absolute atomic E-state index is 11.1. The Morgan fingerprint density at radius 2 is 1.61 bits per heavy atom. The van der Waals surface area contributed by atoms with Crippen LogP contribution in [0.15, 0.2) is 115 Å². The Balaban J connectivity index is 1.29. The number of rotatable bonds is 5. The van der Waals surface area contributed by atoms with Crippen molar-refractivity contribution in [1.82, 2.24) is 0 Å². The van der Waals surface area contributed by atoms with Gasteiger partial charge in [-0.05, 0) is 67.5 Å². The van der Waals surface area contributed by atoms with Gasteiger partial charge in [0.2, 0.25) is 11.2 Å². The number of nitro benzene ring substituents is 1. The molecule has 1 spiro atoms. The molecule has 0 saturated carbocycles. The summed E-state index contributed by atoms with van der Waals surface area (Å²) >= 11 is 0. The summed E-state index contributed by atoms with van der Waals surface area (Å²) in [5.74, 6) is 0.854. The summed E-state index contributed by atoms with van der Waals surface area (Å²) in [7, 11) is 0. The van der Waals surface area contributed by atoms with Crippen LogP contribution in [0.3, 0.4) is 0 Å². The molecule has 6 nitrogen and oxygen atoms in total. The predicted octanol–water partition coefficient (Wildman–Crippen LogP) is 7.18. The first-order chi connectivity index (χ1) is 19.9. The van der Waals surface area contributed by atoms with Crippen LogP contribution in [-0.4, -0.2) is 10.6 Å². The maximum atomic E-state index is 11.1. The summed E-state index contributed by atoms with van der Waals surface area (Å²) in [4.78, 5) is 13.1. The Morgan fingerprint density at radius 1 is 0.854 bits per heavy atom. The lowest BCUT2D eigenvalue weighted by Crippen LogP contribution is -2.59. The van der Waals surface area contributed by atoms with Crippen molar-refractivity contribution in [1.29, 1.82) is 0 Å². The minimum Gasteiger partial charge on any atom is -0.463 e. The molecule has 3 heterocycles. The van der Waals surface area contributed by atoms with Gasteiger partial charge in [0.05, 0.1) is 15.7 Å². The fourth-order valence-electron chi connectivity index (χ4n) is 6.47. The number of non-ortho nitro benzene ring substituents is 1. The normalized spacial score (nSPS) is 18.2. The summed E-state index contributed by atoms with van der Waals surface area (Å²) in [6, 6.07) is 34.3. The van der Waals surface area contributed by atoms with Gasteiger partial charge in [-0.3, -0.25) is 10.1 Å². The third-order valence-electron chi connectivity index (χ3n) is 8.65. The molecule has 7 rings (SSSR count). The van der Waals surface area contributed by atoms with Crippen molar-refractivity contribution in [3.63, 3.8) is 0 Å². The van der Waals surface area contributed by atoms with Gasteiger partial charge in [0.25, 0.3) is 5.69 Å². The molecule has 0 bridgehead atoms. The molecule has 0 amide bonds. The predicted molar refractivity (Wildman–Crippen MR) is 161 cm³/mol. The molecule has 6 heteroatoms. The van der Waals surface area contributed by atoms with E-state index in [0.717, 1.165) is 34.3 Å². The van der Waals surface area contributed by atoms with Crippen LogP contribution in [0.1, 0.15) is 36.1 Å². The van der Waals surface area contributed by atoms with Crippen molar-refractivity contribution in [3.05, 3.63) is 148 Å². The summed E-state index contributed by atoms with van der Waals surface area (Å²) < 4.78 is 9.30. The van der Waals surface area contributed by atoms with Crippen LogP contribution in [0, 0.1) is 10.1 Å². The third kappa shape index (κ3) is 3.90. The first-order valence-electron chi connectivity index (χ1n) is 13.9. The number of hydrogen-bond acceptors (Lipinski definition) is 4. The molecule has 202 valence electrons. The van der Waals surface area contributed by atoms with Gasteiger partial charge in [-0.2, -0.15) is 4.57 Å². The number of para-hydroxylation sites is 1. The van der Waals surface area contributed by atoms with E-state index in [2.05, 4.69) is 102 Å². The van der Waals surface area contributed by atoms with Crippen LogP contribution in [0.4, 0.5) is 11.4 Å². The lowest BCUT2D eigenvalue weighted by Gasteiger charge is -2.47. The molecule has 41 heavy (non-hydrogen) atoms. The van der Waals surface area contributed by atoms with Crippen molar-refractivity contribution in [3.8, 4) is 5.75 Å². The van der Waals surface area contributed by atoms with E-state index in [4.69, 9.17) is 4.74 Å². The van der Waals surface area contributed by atoms with E-state index in [0.29, 0.717) is 6.54 Å². The number of ether oxygens (including phenoxy) is 1. The monoisotopic (exact) mass is 540 g/mol. The standard InChI is InChI=1S/C35H30N3O3/c1-34(2)30-12-6-7-13-32(30)37(24-25-9-4-3-5-10-25)35(34)21-20-29-28-11-8-22-36(31(28)18-19-33(29)41-35)23-26-14-16-27(17-15-26)38(39)40/h3-22H,23-24H2,1-2H3/q+1. The number of anilines is 1. The molecular formula is C35H30N3O3+. The fourth-order valence-corrected chi connectivity index (χ4v) is 6.47. The molecule has 1 unspecified atom stereocenters. The van der Waals surface area contributed by atoms with Crippen molar-refractivity contribution in [2.24, 2.45) is 0 Å². The Morgan fingerprint density at radius 3 is 2.39 bits per heavy atom. The van der Waals surface area contributed by atoms with Crippen molar-refractivity contribution >= 4 is 28.4 Å². The van der Waals surface area contributed by atoms with E-state index in [9.17, 15) is 10.1 Å². The maximum Gasteiger partial charge on any atom is 0.269 e. The largest absolute Gasteiger partial charge is 0.463 e. The summed E-state index contributed by atoms with van der Waals surface area (Å²) in [5.41, 5.74) is 5.90. The molecule has 2 aliphatic rings. The van der Waals surface area contributed by atoms with Gasteiger partial charge in [-0.1, -0.05) is 48.5 Å². The van der Waals surface area contributed by atoms with Crippen LogP contribution in [-0.2, 0) is 18.5 Å². The highest BCUT2D eigenvalue weighted by atomic mass is 16.6. The summed E-state index contributed by atoms with van der Waals surface area (Å²) in [5, 5.41) is 12.2. The van der Waals surface area contributed by atoms with Crippen molar-refractivity contribution < 1.29 is 14.2 Å². The molecule has 1 atom stereocenters. The Labute approximate surface area is 238 Å². The van der Waals surface area contributed by atoms with E-state index in [1.165, 1.54) is 16.8 Å². The van der Waals surface area contributed by atoms with Gasteiger partial charge in [0.1, 0.15) is 5.75 Å². The number of fused-ring (bicyclic) bond motifs is 4. The first kappa shape index (κ1) is 25.0. The van der Waals surface area contributed by atoms with Gasteiger partial charge in [0, 0.05) is 47.6 Å². The Hall–Kier alpha value is -4.97. The zero-order chi connectivity index (χ0) is 28.2. The number of benzene rings is 4. The molecule has 0 saturated heterocycles. The third-order valence-corrected chi connectivity index (χ3v) is 8.65. The second kappa shape index (κ2) is 9.30. The van der Waals surface area contributed by atoms with Gasteiger partial charge >= 0.3 is 0 Å². The summed E-state index contributed by atoms with van der Waals surface area (Å²) in [6.07, 6.45) is 6.51. The van der Waals surface area contributed by atoms with Gasteiger partial charge in [-0.25, -0.2) is 0 Å². The zero-order valence-corrected chi connectivity index (χ0v) is 23.0. The number of hydrogen-bond donors (Lipinski definition) is 0. The second-order valence-corrected chi connectivity index (χ2v) is 11.3. The van der Waals surface area contributed by atoms with Gasteiger partial charge in [-0.15, -0.1) is 0 Å². The van der Waals surface area contributed by atoms with Crippen molar-refractivity contribution in [2.75, 3.05) is 4.90 Å². The lowest BCUT2D eigenvalue weighted by molar-refractivity contribution is -0.662. The molecule has 0 radical (unpaired) electrons. The number of nitro groups is 1. The van der Waals surface area contributed by atoms with Crippen molar-refractivity contribution in [2.45, 2.75) is 38.1 Å². The van der Waals surface area contributed by atoms with Gasteiger partial charge < -0.3 is 9.64 Å². The highest BCUT2D eigenvalue weighted by molar-refractivity contribution is 5.90. The first-order valence-corrected chi connectivity index (χ1v) is 13.9. The minimum atomic E-state index is -0.698. The average Bonchev–Trinajstić information content (AvgIpc) is 3.16. The van der Waals surface area contributed by atoms with Crippen LogP contribution in [0.25, 0.3) is 17.0 Å². The van der Waals surface area contributed by atoms with Crippen LogP contribution in [0.2, 0.25) is 0 Å². The summed E-state index contributed by atoms with van der Waals surface area (Å²) in [6.45, 7) is 5.87. The van der Waals surface area contributed by atoms with Crippen LogP contribution < -0.4 is 14.2 Å². The molecular weight excluding hydrogens is 510 g/mol. The fraction of sp³-hybridized carbons (Fsp3) is 0.171. The van der Waals surface area contributed by atoms with Gasteiger partial charge in [0.15, 0.2) is 12.7 Å². The average molecular weight is 541 g/mol. The number of pyridine rings is 1. The topological polar surface area (TPSA) is 59.5 Å². The van der Waals surface area contributed by atoms with Crippen LogP contribution in [0.5, 0.6) is 5.75 Å². The number of nitrogens with zero attached hydrogens (tertiary/aromatic N) is 3. The second-order valence-electron chi connectivity index (χ2n) is 11.3. The number of aromatic nitrogens is 1. The molecule has 0 N–H and O–H groups in total. The quantitative estimate of drug-likeness (QED) is 0.135.